The van der Waals surface area contributed by atoms with Gasteiger partial charge in [0.15, 0.2) is 5.96 Å². The Bertz CT molecular complexity index is 615. The van der Waals surface area contributed by atoms with E-state index in [1.54, 1.807) is 29.7 Å². The molecular weight excluding hydrogens is 302 g/mol. The van der Waals surface area contributed by atoms with Crippen LogP contribution in [-0.2, 0) is 13.0 Å². The summed E-state index contributed by atoms with van der Waals surface area (Å²) in [5.41, 5.74) is 1.10. The molecule has 0 amide bonds. The third-order valence-corrected chi connectivity index (χ3v) is 4.99. The number of aryl methyl sites for hydroxylation is 3. The highest BCUT2D eigenvalue weighted by Crippen LogP contribution is 2.16. The molecule has 2 rings (SSSR count). The second-order valence-electron chi connectivity index (χ2n) is 4.71. The van der Waals surface area contributed by atoms with Crippen LogP contribution >= 0.6 is 22.7 Å². The third kappa shape index (κ3) is 4.78. The Morgan fingerprint density at radius 1 is 1.24 bits per heavy atom. The fourth-order valence-corrected chi connectivity index (χ4v) is 3.59. The number of hydrogen-bond donors (Lipinski definition) is 2. The molecule has 0 saturated carbocycles. The highest BCUT2D eigenvalue weighted by atomic mass is 32.1. The van der Waals surface area contributed by atoms with E-state index in [0.717, 1.165) is 41.2 Å². The molecule has 0 aliphatic carbocycles. The first-order chi connectivity index (χ1) is 10.1. The van der Waals surface area contributed by atoms with E-state index in [4.69, 9.17) is 0 Å². The van der Waals surface area contributed by atoms with E-state index in [9.17, 15) is 0 Å². The minimum Gasteiger partial charge on any atom is -0.356 e. The number of nitrogens with zero attached hydrogens (tertiary/aromatic N) is 3. The zero-order chi connectivity index (χ0) is 15.2. The summed E-state index contributed by atoms with van der Waals surface area (Å²) in [5, 5.41) is 8.90. The van der Waals surface area contributed by atoms with Gasteiger partial charge in [0.25, 0.3) is 0 Å². The van der Waals surface area contributed by atoms with Crippen molar-refractivity contribution >= 4 is 28.6 Å². The Morgan fingerprint density at radius 3 is 2.62 bits per heavy atom. The van der Waals surface area contributed by atoms with Gasteiger partial charge in [0.05, 0.1) is 22.3 Å². The van der Waals surface area contributed by atoms with Gasteiger partial charge in [-0.3, -0.25) is 4.99 Å². The summed E-state index contributed by atoms with van der Waals surface area (Å²) in [7, 11) is 1.79. The lowest BCUT2D eigenvalue weighted by Gasteiger charge is -2.10. The highest BCUT2D eigenvalue weighted by Gasteiger charge is 2.06. The van der Waals surface area contributed by atoms with Crippen molar-refractivity contribution in [2.24, 2.45) is 4.99 Å². The van der Waals surface area contributed by atoms with E-state index in [1.165, 1.54) is 9.75 Å². The summed E-state index contributed by atoms with van der Waals surface area (Å²) in [4.78, 5) is 15.5. The van der Waals surface area contributed by atoms with Crippen molar-refractivity contribution in [3.05, 3.63) is 31.7 Å². The Hall–Kier alpha value is -1.47. The molecule has 0 aliphatic heterocycles. The van der Waals surface area contributed by atoms with Crippen LogP contribution in [0.15, 0.2) is 11.2 Å². The molecule has 0 bridgehead atoms. The smallest absolute Gasteiger partial charge is 0.191 e. The number of guanidine groups is 1. The lowest BCUT2D eigenvalue weighted by Crippen LogP contribution is -2.37. The molecule has 2 aromatic heterocycles. The molecule has 0 radical (unpaired) electrons. The van der Waals surface area contributed by atoms with Gasteiger partial charge in [0.1, 0.15) is 0 Å². The molecule has 0 spiro atoms. The van der Waals surface area contributed by atoms with Crippen molar-refractivity contribution < 1.29 is 0 Å². The molecule has 2 N–H and O–H groups in total. The predicted octanol–water partition coefficient (Wildman–Crippen LogP) is 2.43. The molecule has 2 aromatic rings. The number of hydrogen-bond acceptors (Lipinski definition) is 5. The van der Waals surface area contributed by atoms with Crippen molar-refractivity contribution in [3.8, 4) is 0 Å². The number of rotatable bonds is 5. The van der Waals surface area contributed by atoms with Crippen LogP contribution in [-0.4, -0.2) is 29.5 Å². The van der Waals surface area contributed by atoms with Gasteiger partial charge in [-0.2, -0.15) is 0 Å². The maximum Gasteiger partial charge on any atom is 0.191 e. The zero-order valence-corrected chi connectivity index (χ0v) is 14.5. The molecule has 2 heterocycles. The van der Waals surface area contributed by atoms with E-state index in [2.05, 4.69) is 32.5 Å². The van der Waals surface area contributed by atoms with Gasteiger partial charge in [-0.1, -0.05) is 0 Å². The van der Waals surface area contributed by atoms with Gasteiger partial charge < -0.3 is 10.6 Å². The summed E-state index contributed by atoms with van der Waals surface area (Å²) in [5.74, 6) is 0.814. The Balaban J connectivity index is 1.77. The first-order valence-electron chi connectivity index (χ1n) is 6.87. The SMILES string of the molecule is CN=C(NCCc1ncc(C)s1)NCc1sc(C)nc1C. The van der Waals surface area contributed by atoms with Crippen LogP contribution < -0.4 is 10.6 Å². The van der Waals surface area contributed by atoms with Crippen molar-refractivity contribution in [3.63, 3.8) is 0 Å². The van der Waals surface area contributed by atoms with Crippen LogP contribution in [0.5, 0.6) is 0 Å². The minimum absolute atomic E-state index is 0.757. The van der Waals surface area contributed by atoms with Gasteiger partial charge in [-0.05, 0) is 20.8 Å². The number of nitrogens with one attached hydrogen (secondary N) is 2. The third-order valence-electron chi connectivity index (χ3n) is 2.94. The van der Waals surface area contributed by atoms with Gasteiger partial charge in [0, 0.05) is 36.0 Å². The minimum atomic E-state index is 0.757. The number of aliphatic imine (C=N–C) groups is 1. The molecule has 5 nitrogen and oxygen atoms in total. The Labute approximate surface area is 133 Å². The number of thiazole rings is 2. The van der Waals surface area contributed by atoms with Crippen molar-refractivity contribution in [1.82, 2.24) is 20.6 Å². The van der Waals surface area contributed by atoms with Gasteiger partial charge in [-0.15, -0.1) is 22.7 Å². The normalized spacial score (nSPS) is 11.7. The molecule has 114 valence electrons. The largest absolute Gasteiger partial charge is 0.356 e. The molecule has 0 atom stereocenters. The molecule has 0 aromatic carbocycles. The van der Waals surface area contributed by atoms with Crippen LogP contribution in [0, 0.1) is 20.8 Å². The standard InChI is InChI=1S/C14H21N5S2/c1-9-7-17-13(20-9)5-6-16-14(15-4)18-8-12-10(2)19-11(3)21-12/h7H,5-6,8H2,1-4H3,(H2,15,16,18). The molecular formula is C14H21N5S2. The summed E-state index contributed by atoms with van der Waals surface area (Å²) in [6.45, 7) is 7.74. The van der Waals surface area contributed by atoms with Crippen LogP contribution in [0.2, 0.25) is 0 Å². The summed E-state index contributed by atoms with van der Waals surface area (Å²) in [6, 6.07) is 0. The molecule has 0 saturated heterocycles. The molecule has 21 heavy (non-hydrogen) atoms. The monoisotopic (exact) mass is 323 g/mol. The van der Waals surface area contributed by atoms with E-state index in [0.29, 0.717) is 0 Å². The zero-order valence-electron chi connectivity index (χ0n) is 12.9. The number of aromatic nitrogens is 2. The average Bonchev–Trinajstić information content (AvgIpc) is 2.99. The second-order valence-corrected chi connectivity index (χ2v) is 7.32. The average molecular weight is 323 g/mol. The first-order valence-corrected chi connectivity index (χ1v) is 8.50. The van der Waals surface area contributed by atoms with Gasteiger partial charge >= 0.3 is 0 Å². The molecule has 7 heteroatoms. The van der Waals surface area contributed by atoms with Crippen LogP contribution in [0.1, 0.15) is 25.5 Å². The van der Waals surface area contributed by atoms with Gasteiger partial charge in [-0.25, -0.2) is 9.97 Å². The lowest BCUT2D eigenvalue weighted by atomic mass is 10.4. The van der Waals surface area contributed by atoms with Crippen LogP contribution in [0.25, 0.3) is 0 Å². The Kier molecular flexibility index (Phi) is 5.69. The van der Waals surface area contributed by atoms with Crippen molar-refractivity contribution in [2.45, 2.75) is 33.7 Å². The Morgan fingerprint density at radius 2 is 2.05 bits per heavy atom. The maximum atomic E-state index is 4.43. The predicted molar refractivity (Wildman–Crippen MR) is 90.3 cm³/mol. The van der Waals surface area contributed by atoms with E-state index in [-0.39, 0.29) is 0 Å². The summed E-state index contributed by atoms with van der Waals surface area (Å²) < 4.78 is 0. The molecule has 0 fully saturated rings. The lowest BCUT2D eigenvalue weighted by molar-refractivity contribution is 0.793. The van der Waals surface area contributed by atoms with E-state index >= 15 is 0 Å². The van der Waals surface area contributed by atoms with E-state index < -0.39 is 0 Å². The summed E-state index contributed by atoms with van der Waals surface area (Å²) >= 11 is 3.47. The van der Waals surface area contributed by atoms with Crippen molar-refractivity contribution in [2.75, 3.05) is 13.6 Å². The fourth-order valence-electron chi connectivity index (χ4n) is 1.93. The van der Waals surface area contributed by atoms with Crippen LogP contribution in [0.4, 0.5) is 0 Å². The fraction of sp³-hybridized carbons (Fsp3) is 0.500. The topological polar surface area (TPSA) is 62.2 Å². The highest BCUT2D eigenvalue weighted by molar-refractivity contribution is 7.11. The first kappa shape index (κ1) is 15.9. The summed E-state index contributed by atoms with van der Waals surface area (Å²) in [6.07, 6.45) is 2.83. The quantitative estimate of drug-likeness (QED) is 0.655. The molecule has 0 aliphatic rings. The van der Waals surface area contributed by atoms with Crippen molar-refractivity contribution in [1.29, 1.82) is 0 Å². The molecule has 0 unspecified atom stereocenters. The maximum absolute atomic E-state index is 4.43. The van der Waals surface area contributed by atoms with Gasteiger partial charge in [0.2, 0.25) is 0 Å². The van der Waals surface area contributed by atoms with E-state index in [1.807, 2.05) is 20.0 Å². The second kappa shape index (κ2) is 7.51. The van der Waals surface area contributed by atoms with Crippen LogP contribution in [0.3, 0.4) is 0 Å².